The van der Waals surface area contributed by atoms with Gasteiger partial charge in [0.2, 0.25) is 5.91 Å². The average Bonchev–Trinajstić information content (AvgIpc) is 2.89. The topological polar surface area (TPSA) is 82.5 Å². The molecular formula is C30H34ClN3O3. The highest BCUT2D eigenvalue weighted by atomic mass is 35.5. The van der Waals surface area contributed by atoms with Gasteiger partial charge in [-0.3, -0.25) is 14.6 Å². The predicted molar refractivity (Wildman–Crippen MR) is 146 cm³/mol. The number of nitrogens with zero attached hydrogens (tertiary/aromatic N) is 2. The van der Waals surface area contributed by atoms with Crippen LogP contribution in [0.25, 0.3) is 11.1 Å². The van der Waals surface area contributed by atoms with Gasteiger partial charge in [-0.1, -0.05) is 81.8 Å². The first-order valence-corrected chi connectivity index (χ1v) is 13.0. The Morgan fingerprint density at radius 2 is 1.70 bits per heavy atom. The van der Waals surface area contributed by atoms with E-state index >= 15 is 0 Å². The lowest BCUT2D eigenvalue weighted by molar-refractivity contribution is -0.155. The molecule has 1 fully saturated rings. The number of carbonyl (C=O) groups is 2. The van der Waals surface area contributed by atoms with Gasteiger partial charge < -0.3 is 15.3 Å². The van der Waals surface area contributed by atoms with Crippen LogP contribution < -0.4 is 5.32 Å². The molecule has 3 aromatic rings. The maximum absolute atomic E-state index is 13.7. The quantitative estimate of drug-likeness (QED) is 0.463. The van der Waals surface area contributed by atoms with Crippen LogP contribution in [0.2, 0.25) is 5.02 Å². The summed E-state index contributed by atoms with van der Waals surface area (Å²) >= 11 is 6.05. The third-order valence-electron chi connectivity index (χ3n) is 7.41. The summed E-state index contributed by atoms with van der Waals surface area (Å²) in [6.45, 7) is 8.50. The van der Waals surface area contributed by atoms with Crippen LogP contribution in [-0.4, -0.2) is 45.9 Å². The second-order valence-corrected chi connectivity index (χ2v) is 11.2. The fourth-order valence-corrected chi connectivity index (χ4v) is 5.18. The second kappa shape index (κ2) is 10.6. The van der Waals surface area contributed by atoms with E-state index < -0.39 is 17.1 Å². The van der Waals surface area contributed by atoms with Crippen LogP contribution >= 0.6 is 11.6 Å². The van der Waals surface area contributed by atoms with Gasteiger partial charge >= 0.3 is 0 Å². The highest BCUT2D eigenvalue weighted by Gasteiger charge is 2.50. The molecule has 0 bridgehead atoms. The van der Waals surface area contributed by atoms with Crippen molar-refractivity contribution in [3.05, 3.63) is 89.2 Å². The van der Waals surface area contributed by atoms with Crippen LogP contribution in [0, 0.1) is 11.3 Å². The molecule has 37 heavy (non-hydrogen) atoms. The minimum atomic E-state index is -1.10. The molecule has 0 aliphatic carbocycles. The Kier molecular flexibility index (Phi) is 7.72. The Balaban J connectivity index is 1.50. The number of rotatable bonds is 6. The van der Waals surface area contributed by atoms with Crippen molar-refractivity contribution < 1.29 is 14.7 Å². The number of aliphatic hydroxyl groups is 1. The number of halogens is 1. The number of nitrogens with one attached hydrogen (secondary N) is 1. The molecule has 7 heteroatoms. The number of hydrogen-bond acceptors (Lipinski definition) is 4. The van der Waals surface area contributed by atoms with E-state index in [1.807, 2.05) is 70.2 Å². The second-order valence-electron chi connectivity index (χ2n) is 10.8. The molecule has 2 atom stereocenters. The zero-order chi connectivity index (χ0) is 26.8. The third-order valence-corrected chi connectivity index (χ3v) is 7.66. The SMILES string of the molecule is CC(C)[C@@H](NC(=O)c1cncc(-c2ccccc2)c1)C(=O)N1CC[C@](O)(c2ccc(Cl)cc2)C(C)(C)C1. The lowest BCUT2D eigenvalue weighted by Crippen LogP contribution is -2.60. The van der Waals surface area contributed by atoms with Gasteiger partial charge in [0.1, 0.15) is 6.04 Å². The number of amides is 2. The fourth-order valence-electron chi connectivity index (χ4n) is 5.06. The third kappa shape index (κ3) is 5.55. The Hall–Kier alpha value is -3.22. The van der Waals surface area contributed by atoms with Crippen molar-refractivity contribution in [3.63, 3.8) is 0 Å². The molecule has 2 heterocycles. The smallest absolute Gasteiger partial charge is 0.253 e. The van der Waals surface area contributed by atoms with Crippen molar-refractivity contribution in [1.29, 1.82) is 0 Å². The lowest BCUT2D eigenvalue weighted by atomic mass is 9.66. The fraction of sp³-hybridized carbons (Fsp3) is 0.367. The van der Waals surface area contributed by atoms with Gasteiger partial charge in [-0.2, -0.15) is 0 Å². The van der Waals surface area contributed by atoms with Crippen molar-refractivity contribution in [2.24, 2.45) is 11.3 Å². The summed E-state index contributed by atoms with van der Waals surface area (Å²) in [5.41, 5.74) is 1.26. The number of aromatic nitrogens is 1. The van der Waals surface area contributed by atoms with E-state index in [1.54, 1.807) is 29.3 Å². The van der Waals surface area contributed by atoms with Crippen molar-refractivity contribution in [3.8, 4) is 11.1 Å². The zero-order valence-corrected chi connectivity index (χ0v) is 22.5. The minimum Gasteiger partial charge on any atom is -0.384 e. The summed E-state index contributed by atoms with van der Waals surface area (Å²) in [6.07, 6.45) is 3.61. The van der Waals surface area contributed by atoms with Gasteiger partial charge in [0.05, 0.1) is 11.2 Å². The maximum Gasteiger partial charge on any atom is 0.253 e. The van der Waals surface area contributed by atoms with Crippen molar-refractivity contribution in [1.82, 2.24) is 15.2 Å². The number of likely N-dealkylation sites (tertiary alicyclic amines) is 1. The number of piperidine rings is 1. The van der Waals surface area contributed by atoms with Gasteiger partial charge in [-0.25, -0.2) is 0 Å². The zero-order valence-electron chi connectivity index (χ0n) is 21.7. The molecule has 0 spiro atoms. The summed E-state index contributed by atoms with van der Waals surface area (Å²) in [6, 6.07) is 18.0. The van der Waals surface area contributed by atoms with Crippen molar-refractivity contribution in [2.75, 3.05) is 13.1 Å². The standard InChI is InChI=1S/C30H34ClN3O3/c1-20(2)26(33-27(35)23-16-22(17-32-18-23)21-8-6-5-7-9-21)28(36)34-15-14-30(37,29(3,4)19-34)24-10-12-25(31)13-11-24/h5-13,16-18,20,26,37H,14-15,19H2,1-4H3,(H,33,35)/t26-,30+/m1/s1. The van der Waals surface area contributed by atoms with E-state index in [1.165, 1.54) is 6.20 Å². The molecule has 0 saturated carbocycles. The normalized spacial score (nSPS) is 19.9. The molecule has 1 aliphatic heterocycles. The number of hydrogen-bond donors (Lipinski definition) is 2. The molecule has 6 nitrogen and oxygen atoms in total. The first-order chi connectivity index (χ1) is 17.5. The molecule has 4 rings (SSSR count). The van der Waals surface area contributed by atoms with E-state index in [0.717, 1.165) is 16.7 Å². The Morgan fingerprint density at radius 3 is 2.32 bits per heavy atom. The van der Waals surface area contributed by atoms with E-state index in [4.69, 9.17) is 11.6 Å². The van der Waals surface area contributed by atoms with Crippen LogP contribution in [0.3, 0.4) is 0 Å². The molecule has 0 unspecified atom stereocenters. The number of carbonyl (C=O) groups excluding carboxylic acids is 2. The largest absolute Gasteiger partial charge is 0.384 e. The first-order valence-electron chi connectivity index (χ1n) is 12.6. The van der Waals surface area contributed by atoms with Crippen LogP contribution in [0.4, 0.5) is 0 Å². The molecule has 2 aromatic carbocycles. The van der Waals surface area contributed by atoms with Crippen LogP contribution in [0.5, 0.6) is 0 Å². The Bertz CT molecular complexity index is 1260. The molecule has 1 aliphatic rings. The summed E-state index contributed by atoms with van der Waals surface area (Å²) in [5.74, 6) is -0.616. The van der Waals surface area contributed by atoms with Gasteiger partial charge in [-0.05, 0) is 41.7 Å². The van der Waals surface area contributed by atoms with Gasteiger partial charge in [0, 0.05) is 41.5 Å². The van der Waals surface area contributed by atoms with Gasteiger partial charge in [-0.15, -0.1) is 0 Å². The van der Waals surface area contributed by atoms with Crippen LogP contribution in [0.15, 0.2) is 73.1 Å². The number of pyridine rings is 1. The molecule has 194 valence electrons. The molecule has 0 radical (unpaired) electrons. The lowest BCUT2D eigenvalue weighted by Gasteiger charge is -2.51. The van der Waals surface area contributed by atoms with Crippen LogP contribution in [-0.2, 0) is 10.4 Å². The number of benzene rings is 2. The monoisotopic (exact) mass is 519 g/mol. The summed E-state index contributed by atoms with van der Waals surface area (Å²) in [4.78, 5) is 32.9. The summed E-state index contributed by atoms with van der Waals surface area (Å²) in [7, 11) is 0. The minimum absolute atomic E-state index is 0.123. The molecular weight excluding hydrogens is 486 g/mol. The van der Waals surface area contributed by atoms with E-state index in [0.29, 0.717) is 30.1 Å². The summed E-state index contributed by atoms with van der Waals surface area (Å²) < 4.78 is 0. The van der Waals surface area contributed by atoms with Crippen molar-refractivity contribution in [2.45, 2.75) is 45.8 Å². The predicted octanol–water partition coefficient (Wildman–Crippen LogP) is 5.30. The molecule has 2 amide bonds. The van der Waals surface area contributed by atoms with Gasteiger partial charge in [0.25, 0.3) is 5.91 Å². The van der Waals surface area contributed by atoms with E-state index in [9.17, 15) is 14.7 Å². The first kappa shape index (κ1) is 26.8. The highest BCUT2D eigenvalue weighted by molar-refractivity contribution is 6.30. The van der Waals surface area contributed by atoms with E-state index in [-0.39, 0.29) is 17.7 Å². The molecule has 2 N–H and O–H groups in total. The average molecular weight is 520 g/mol. The molecule has 1 saturated heterocycles. The Labute approximate surface area is 223 Å². The maximum atomic E-state index is 13.7. The van der Waals surface area contributed by atoms with Gasteiger partial charge in [0.15, 0.2) is 0 Å². The van der Waals surface area contributed by atoms with Crippen LogP contribution in [0.1, 0.15) is 50.0 Å². The summed E-state index contributed by atoms with van der Waals surface area (Å²) in [5, 5.41) is 15.2. The van der Waals surface area contributed by atoms with Crippen molar-refractivity contribution >= 4 is 23.4 Å². The highest BCUT2D eigenvalue weighted by Crippen LogP contribution is 2.46. The van der Waals surface area contributed by atoms with E-state index in [2.05, 4.69) is 10.3 Å². The molecule has 1 aromatic heterocycles. The Morgan fingerprint density at radius 1 is 1.03 bits per heavy atom.